The number of nitrogens with zero attached hydrogens (tertiary/aromatic N) is 4. The van der Waals surface area contributed by atoms with Gasteiger partial charge in [-0.05, 0) is 0 Å². The summed E-state index contributed by atoms with van der Waals surface area (Å²) in [7, 11) is 2.67. The molecule has 2 amide bonds. The van der Waals surface area contributed by atoms with Gasteiger partial charge in [-0.1, -0.05) is 5.10 Å². The molecule has 0 radical (unpaired) electrons. The molecule has 0 aromatic carbocycles. The van der Waals surface area contributed by atoms with E-state index in [4.69, 9.17) is 10.5 Å². The highest BCUT2D eigenvalue weighted by atomic mass is 33.5. The van der Waals surface area contributed by atoms with Crippen molar-refractivity contribution in [2.24, 2.45) is 5.10 Å². The van der Waals surface area contributed by atoms with Gasteiger partial charge in [-0.25, -0.2) is 9.59 Å². The van der Waals surface area contributed by atoms with Crippen LogP contribution < -0.4 is 4.72 Å². The molecule has 0 aliphatic heterocycles. The zero-order valence-corrected chi connectivity index (χ0v) is 8.78. The Morgan fingerprint density at radius 1 is 1.50 bits per heavy atom. The van der Waals surface area contributed by atoms with Gasteiger partial charge in [-0.2, -0.15) is 10.5 Å². The van der Waals surface area contributed by atoms with Crippen molar-refractivity contribution >= 4 is 43.7 Å². The van der Waals surface area contributed by atoms with E-state index in [-0.39, 0.29) is 5.01 Å². The lowest BCUT2D eigenvalue weighted by Gasteiger charge is -2.03. The second kappa shape index (κ2) is 8.29. The normalized spacial score (nSPS) is 7.57. The summed E-state index contributed by atoms with van der Waals surface area (Å²) in [5.74, 6) is 0. The Morgan fingerprint density at radius 2 is 2.21 bits per heavy atom. The molecule has 0 saturated heterocycles. The molecule has 0 aromatic rings. The minimum absolute atomic E-state index is 0.234. The van der Waals surface area contributed by atoms with Gasteiger partial charge in [0, 0.05) is 31.6 Å². The molecule has 0 heterocycles. The Bertz CT molecular complexity index is 327. The lowest BCUT2D eigenvalue weighted by atomic mass is 11.0. The fourth-order valence-corrected chi connectivity index (χ4v) is 1.93. The summed E-state index contributed by atoms with van der Waals surface area (Å²) < 4.78 is 2.15. The van der Waals surface area contributed by atoms with Crippen LogP contribution in [0.25, 0.3) is 0 Å². The molecule has 0 spiro atoms. The molecule has 0 aliphatic carbocycles. The summed E-state index contributed by atoms with van der Waals surface area (Å²) in [6.45, 7) is 0. The van der Waals surface area contributed by atoms with Gasteiger partial charge in [0.25, 0.3) is 6.08 Å². The zero-order valence-electron chi connectivity index (χ0n) is 6.33. The number of rotatable bonds is 4. The third kappa shape index (κ3) is 5.35. The highest BCUT2D eigenvalue weighted by Gasteiger charge is 2.11. The van der Waals surface area contributed by atoms with Gasteiger partial charge in [0.05, 0.1) is 0 Å². The van der Waals surface area contributed by atoms with E-state index in [2.05, 4.69) is 9.82 Å². The second-order valence-corrected chi connectivity index (χ2v) is 4.83. The van der Waals surface area contributed by atoms with E-state index in [1.165, 1.54) is 6.19 Å². The average molecular weight is 247 g/mol. The topological polar surface area (TPSA) is 109 Å². The van der Waals surface area contributed by atoms with Crippen molar-refractivity contribution in [1.29, 1.82) is 10.5 Å². The quantitative estimate of drug-likeness (QED) is 0.116. The molecule has 0 bridgehead atoms. The number of carbonyl (C=O) groups excluding carboxylic acids is 2. The maximum Gasteiger partial charge on any atom is 0.363 e. The summed E-state index contributed by atoms with van der Waals surface area (Å²) in [5.41, 5.74) is 0. The van der Waals surface area contributed by atoms with Crippen LogP contribution in [-0.2, 0) is 4.79 Å². The summed E-state index contributed by atoms with van der Waals surface area (Å²) >= 11 is 0. The number of nitrogens with one attached hydrogen (secondary N) is 1. The number of amides is 2. The molecule has 10 heteroatoms. The van der Waals surface area contributed by atoms with E-state index in [0.717, 1.165) is 37.7 Å². The molecule has 1 N–H and O–H groups in total. The van der Waals surface area contributed by atoms with Crippen LogP contribution in [0.5, 0.6) is 0 Å². The number of hydrogen-bond acceptors (Lipinski definition) is 8. The third-order valence-electron chi connectivity index (χ3n) is 0.662. The number of hydrazone groups is 1. The zero-order chi connectivity index (χ0) is 10.8. The smallest absolute Gasteiger partial charge is 0.269 e. The van der Waals surface area contributed by atoms with Gasteiger partial charge < -0.3 is 0 Å². The van der Waals surface area contributed by atoms with Crippen LogP contribution in [-0.4, -0.2) is 17.1 Å². The Labute approximate surface area is 90.4 Å². The number of isocyanates is 1. The van der Waals surface area contributed by atoms with Crippen LogP contribution in [0.2, 0.25) is 0 Å². The molecule has 0 saturated carbocycles. The van der Waals surface area contributed by atoms with Crippen molar-refractivity contribution in [2.75, 3.05) is 0 Å². The first kappa shape index (κ1) is 12.7. The maximum atomic E-state index is 10.9. The third-order valence-corrected chi connectivity index (χ3v) is 3.24. The van der Waals surface area contributed by atoms with Crippen molar-refractivity contribution in [3.05, 3.63) is 0 Å². The molecule has 0 aromatic heterocycles. The van der Waals surface area contributed by atoms with Crippen LogP contribution in [0.3, 0.4) is 0 Å². The summed E-state index contributed by atoms with van der Waals surface area (Å²) in [5, 5.41) is 21.2. The predicted octanol–water partition coefficient (Wildman–Crippen LogP) is 1.16. The van der Waals surface area contributed by atoms with Gasteiger partial charge in [-0.15, -0.1) is 5.01 Å². The van der Waals surface area contributed by atoms with Crippen LogP contribution >= 0.6 is 31.6 Å². The first-order valence-corrected chi connectivity index (χ1v) is 6.20. The van der Waals surface area contributed by atoms with Crippen LogP contribution in [0.15, 0.2) is 5.10 Å². The molecule has 7 nitrogen and oxygen atoms in total. The number of carbonyl (C=O) groups is 1. The lowest BCUT2D eigenvalue weighted by Crippen LogP contribution is -2.28. The first-order chi connectivity index (χ1) is 6.76. The highest BCUT2D eigenvalue weighted by molar-refractivity contribution is 9.10. The molecule has 0 aliphatic rings. The predicted molar refractivity (Wildman–Crippen MR) is 52.5 cm³/mol. The minimum atomic E-state index is -0.883. The Balaban J connectivity index is 3.90. The van der Waals surface area contributed by atoms with Crippen LogP contribution in [0, 0.1) is 22.1 Å². The Hall–Kier alpha value is -1.32. The highest BCUT2D eigenvalue weighted by Crippen LogP contribution is 2.30. The molecule has 72 valence electrons. The number of hydrogen-bond donors (Lipinski definition) is 1. The van der Waals surface area contributed by atoms with Crippen molar-refractivity contribution in [1.82, 2.24) is 9.73 Å². The average Bonchev–Trinajstić information content (AvgIpc) is 2.20. The monoisotopic (exact) mass is 247 g/mol. The first-order valence-electron chi connectivity index (χ1n) is 2.72. The maximum absolute atomic E-state index is 10.9. The Morgan fingerprint density at radius 3 is 2.71 bits per heavy atom. The van der Waals surface area contributed by atoms with E-state index < -0.39 is 6.03 Å². The van der Waals surface area contributed by atoms with E-state index >= 15 is 0 Å². The molecule has 0 fully saturated rings. The van der Waals surface area contributed by atoms with Crippen molar-refractivity contribution < 1.29 is 9.59 Å². The lowest BCUT2D eigenvalue weighted by molar-refractivity contribution is 0.225. The molecule has 0 unspecified atom stereocenters. The minimum Gasteiger partial charge on any atom is -0.269 e. The van der Waals surface area contributed by atoms with Crippen LogP contribution in [0.4, 0.5) is 4.79 Å². The molecule has 0 rings (SSSR count). The molecule has 0 atom stereocenters. The standard InChI is InChI=1S/C4HN5O2S3/c5-1-9(7-3-10)4(11)8-13-14-12-2-6/h(H,8,11). The number of nitriles is 2. The molecular formula is C4HN5O2S3. The second-order valence-electron chi connectivity index (χ2n) is 1.34. The SMILES string of the molecule is N#CSSSNC(=O)N(C#N)N=C=O. The van der Waals surface area contributed by atoms with Crippen LogP contribution in [0.1, 0.15) is 0 Å². The number of urea groups is 1. The van der Waals surface area contributed by atoms with Gasteiger partial charge in [0.1, 0.15) is 5.40 Å². The van der Waals surface area contributed by atoms with E-state index in [0.29, 0.717) is 0 Å². The van der Waals surface area contributed by atoms with Crippen molar-refractivity contribution in [2.45, 2.75) is 0 Å². The van der Waals surface area contributed by atoms with Gasteiger partial charge >= 0.3 is 6.03 Å². The summed E-state index contributed by atoms with van der Waals surface area (Å²) in [4.78, 5) is 20.7. The van der Waals surface area contributed by atoms with E-state index in [9.17, 15) is 9.59 Å². The summed E-state index contributed by atoms with van der Waals surface area (Å²) in [6.07, 6.45) is 2.39. The van der Waals surface area contributed by atoms with Gasteiger partial charge in [0.2, 0.25) is 6.19 Å². The van der Waals surface area contributed by atoms with Crippen molar-refractivity contribution in [3.63, 3.8) is 0 Å². The van der Waals surface area contributed by atoms with Crippen molar-refractivity contribution in [3.8, 4) is 11.6 Å². The fraction of sp³-hybridized carbons (Fsp3) is 0. The molecular weight excluding hydrogens is 246 g/mol. The fourth-order valence-electron chi connectivity index (χ4n) is 0.282. The van der Waals surface area contributed by atoms with E-state index in [1.807, 2.05) is 0 Å². The largest absolute Gasteiger partial charge is 0.363 e. The summed E-state index contributed by atoms with van der Waals surface area (Å²) in [6, 6.07) is -0.883. The Kier molecular flexibility index (Phi) is 7.50. The molecule has 14 heavy (non-hydrogen) atoms. The van der Waals surface area contributed by atoms with E-state index in [1.54, 1.807) is 5.40 Å². The van der Waals surface area contributed by atoms with Gasteiger partial charge in [0.15, 0.2) is 0 Å². The number of thiocyanates is 1. The van der Waals surface area contributed by atoms with Gasteiger partial charge in [-0.3, -0.25) is 4.72 Å².